The van der Waals surface area contributed by atoms with Crippen molar-refractivity contribution in [2.24, 2.45) is 0 Å². The molecule has 1 aromatic carbocycles. The normalized spacial score (nSPS) is 10.0. The van der Waals surface area contributed by atoms with Crippen molar-refractivity contribution in [1.82, 2.24) is 5.32 Å². The second-order valence-corrected chi connectivity index (χ2v) is 5.20. The predicted molar refractivity (Wildman–Crippen MR) is 83.3 cm³/mol. The van der Waals surface area contributed by atoms with Gasteiger partial charge in [0.15, 0.2) is 0 Å². The van der Waals surface area contributed by atoms with E-state index in [-0.39, 0.29) is 5.91 Å². The molecule has 1 rings (SSSR count). The molecule has 0 aliphatic carbocycles. The van der Waals surface area contributed by atoms with Gasteiger partial charge in [0.2, 0.25) is 5.91 Å². The molecule has 1 N–H and O–H groups in total. The zero-order chi connectivity index (χ0) is 14.1. The summed E-state index contributed by atoms with van der Waals surface area (Å²) in [4.78, 5) is 11.2. The Hall–Kier alpha value is -1.08. The van der Waals surface area contributed by atoms with Crippen molar-refractivity contribution in [3.8, 4) is 5.75 Å². The van der Waals surface area contributed by atoms with Gasteiger partial charge in [-0.1, -0.05) is 6.58 Å². The molecular weight excluding hydrogens is 357 g/mol. The summed E-state index contributed by atoms with van der Waals surface area (Å²) < 4.78 is 12.0. The van der Waals surface area contributed by atoms with Crippen LogP contribution in [0.15, 0.2) is 36.4 Å². The lowest BCUT2D eigenvalue weighted by atomic mass is 10.3. The van der Waals surface area contributed by atoms with Gasteiger partial charge >= 0.3 is 0 Å². The molecule has 1 aromatic rings. The quantitative estimate of drug-likeness (QED) is 0.431. The van der Waals surface area contributed by atoms with E-state index in [9.17, 15) is 4.79 Å². The van der Waals surface area contributed by atoms with Gasteiger partial charge in [0.05, 0.1) is 13.2 Å². The van der Waals surface area contributed by atoms with E-state index in [4.69, 9.17) is 9.47 Å². The molecule has 0 unspecified atom stereocenters. The fourth-order valence-corrected chi connectivity index (χ4v) is 1.60. The first-order valence-electron chi connectivity index (χ1n) is 5.99. The summed E-state index contributed by atoms with van der Waals surface area (Å²) in [5.74, 6) is 0.693. The van der Waals surface area contributed by atoms with E-state index in [0.29, 0.717) is 31.9 Å². The molecule has 0 aliphatic rings. The smallest absolute Gasteiger partial charge is 0.246 e. The van der Waals surface area contributed by atoms with E-state index in [1.165, 1.54) is 3.57 Å². The molecule has 0 spiro atoms. The SMILES string of the molecule is C=C(C)C(=O)NCCOCCOc1ccc(I)cc1. The van der Waals surface area contributed by atoms with Gasteiger partial charge in [-0.15, -0.1) is 0 Å². The number of carbonyl (C=O) groups excluding carboxylic acids is 1. The fraction of sp³-hybridized carbons (Fsp3) is 0.357. The van der Waals surface area contributed by atoms with Crippen molar-refractivity contribution in [2.45, 2.75) is 6.92 Å². The Morgan fingerprint density at radius 1 is 1.26 bits per heavy atom. The van der Waals surface area contributed by atoms with Crippen molar-refractivity contribution >= 4 is 28.5 Å². The first kappa shape index (κ1) is 16.0. The van der Waals surface area contributed by atoms with Crippen molar-refractivity contribution in [1.29, 1.82) is 0 Å². The van der Waals surface area contributed by atoms with Crippen LogP contribution in [-0.4, -0.2) is 32.3 Å². The van der Waals surface area contributed by atoms with Gasteiger partial charge < -0.3 is 14.8 Å². The van der Waals surface area contributed by atoms with Gasteiger partial charge in [-0.05, 0) is 53.8 Å². The zero-order valence-corrected chi connectivity index (χ0v) is 13.1. The number of rotatable bonds is 8. The van der Waals surface area contributed by atoms with Crippen molar-refractivity contribution in [3.05, 3.63) is 40.0 Å². The van der Waals surface area contributed by atoms with Crippen LogP contribution >= 0.6 is 22.6 Å². The molecule has 0 saturated heterocycles. The number of halogens is 1. The van der Waals surface area contributed by atoms with Crippen LogP contribution in [0.25, 0.3) is 0 Å². The van der Waals surface area contributed by atoms with Crippen molar-refractivity contribution in [3.63, 3.8) is 0 Å². The summed E-state index contributed by atoms with van der Waals surface area (Å²) >= 11 is 2.25. The number of amides is 1. The standard InChI is InChI=1S/C14H18INO3/c1-11(2)14(17)16-7-8-18-9-10-19-13-5-3-12(15)4-6-13/h3-6H,1,7-10H2,2H3,(H,16,17). The predicted octanol–water partition coefficient (Wildman–Crippen LogP) is 2.38. The second-order valence-electron chi connectivity index (χ2n) is 3.95. The molecule has 104 valence electrons. The minimum atomic E-state index is -0.140. The lowest BCUT2D eigenvalue weighted by Gasteiger charge is -2.08. The number of carbonyl (C=O) groups is 1. The topological polar surface area (TPSA) is 47.6 Å². The Balaban J connectivity index is 2.01. The maximum Gasteiger partial charge on any atom is 0.246 e. The third kappa shape index (κ3) is 7.17. The van der Waals surface area contributed by atoms with E-state index >= 15 is 0 Å². The molecule has 0 radical (unpaired) electrons. The fourth-order valence-electron chi connectivity index (χ4n) is 1.24. The summed E-state index contributed by atoms with van der Waals surface area (Å²) in [6.07, 6.45) is 0. The Labute approximate surface area is 127 Å². The molecule has 0 heterocycles. The van der Waals surface area contributed by atoms with Crippen LogP contribution < -0.4 is 10.1 Å². The summed E-state index contributed by atoms with van der Waals surface area (Å²) in [6, 6.07) is 7.83. The monoisotopic (exact) mass is 375 g/mol. The molecule has 0 atom stereocenters. The lowest BCUT2D eigenvalue weighted by Crippen LogP contribution is -2.27. The summed E-state index contributed by atoms with van der Waals surface area (Å²) in [7, 11) is 0. The molecular formula is C14H18INO3. The Bertz CT molecular complexity index is 417. The first-order valence-corrected chi connectivity index (χ1v) is 7.07. The number of hydrogen-bond donors (Lipinski definition) is 1. The summed E-state index contributed by atoms with van der Waals surface area (Å²) in [6.45, 7) is 7.16. The maximum atomic E-state index is 11.2. The third-order valence-electron chi connectivity index (χ3n) is 2.23. The van der Waals surface area contributed by atoms with Gasteiger partial charge in [-0.3, -0.25) is 4.79 Å². The Morgan fingerprint density at radius 2 is 1.95 bits per heavy atom. The number of nitrogens with one attached hydrogen (secondary N) is 1. The minimum Gasteiger partial charge on any atom is -0.491 e. The molecule has 19 heavy (non-hydrogen) atoms. The van der Waals surface area contributed by atoms with Gasteiger partial charge in [-0.25, -0.2) is 0 Å². The number of benzene rings is 1. The summed E-state index contributed by atoms with van der Waals surface area (Å²) in [5.41, 5.74) is 0.502. The molecule has 0 saturated carbocycles. The zero-order valence-electron chi connectivity index (χ0n) is 10.9. The van der Waals surface area contributed by atoms with Crippen LogP contribution in [0.3, 0.4) is 0 Å². The highest BCUT2D eigenvalue weighted by molar-refractivity contribution is 14.1. The van der Waals surface area contributed by atoms with Crippen LogP contribution in [0.5, 0.6) is 5.75 Å². The van der Waals surface area contributed by atoms with Crippen LogP contribution in [0.1, 0.15) is 6.92 Å². The van der Waals surface area contributed by atoms with Crippen LogP contribution in [-0.2, 0) is 9.53 Å². The number of ether oxygens (including phenoxy) is 2. The highest BCUT2D eigenvalue weighted by Gasteiger charge is 1.99. The van der Waals surface area contributed by atoms with Crippen molar-refractivity contribution in [2.75, 3.05) is 26.4 Å². The molecule has 0 aliphatic heterocycles. The first-order chi connectivity index (χ1) is 9.09. The van der Waals surface area contributed by atoms with Crippen LogP contribution in [0.4, 0.5) is 0 Å². The van der Waals surface area contributed by atoms with Gasteiger partial charge in [0, 0.05) is 15.7 Å². The average molecular weight is 375 g/mol. The second kappa shape index (κ2) is 8.92. The minimum absolute atomic E-state index is 0.140. The van der Waals surface area contributed by atoms with Gasteiger partial charge in [0.25, 0.3) is 0 Å². The van der Waals surface area contributed by atoms with E-state index in [2.05, 4.69) is 34.5 Å². The van der Waals surface area contributed by atoms with Gasteiger partial charge in [0.1, 0.15) is 12.4 Å². The Morgan fingerprint density at radius 3 is 2.58 bits per heavy atom. The number of hydrogen-bond acceptors (Lipinski definition) is 3. The third-order valence-corrected chi connectivity index (χ3v) is 2.95. The van der Waals surface area contributed by atoms with E-state index in [0.717, 1.165) is 5.75 Å². The van der Waals surface area contributed by atoms with Crippen LogP contribution in [0, 0.1) is 3.57 Å². The molecule has 0 fully saturated rings. The van der Waals surface area contributed by atoms with Gasteiger partial charge in [-0.2, -0.15) is 0 Å². The molecule has 5 heteroatoms. The highest BCUT2D eigenvalue weighted by Crippen LogP contribution is 2.13. The molecule has 0 bridgehead atoms. The molecule has 0 aromatic heterocycles. The molecule has 1 amide bonds. The molecule has 4 nitrogen and oxygen atoms in total. The highest BCUT2D eigenvalue weighted by atomic mass is 127. The van der Waals surface area contributed by atoms with E-state index < -0.39 is 0 Å². The van der Waals surface area contributed by atoms with E-state index in [1.807, 2.05) is 24.3 Å². The van der Waals surface area contributed by atoms with E-state index in [1.54, 1.807) is 6.92 Å². The Kier molecular flexibility index (Phi) is 7.50. The largest absolute Gasteiger partial charge is 0.491 e. The summed E-state index contributed by atoms with van der Waals surface area (Å²) in [5, 5.41) is 2.69. The maximum absolute atomic E-state index is 11.2. The van der Waals surface area contributed by atoms with Crippen molar-refractivity contribution < 1.29 is 14.3 Å². The average Bonchev–Trinajstić information content (AvgIpc) is 2.39. The lowest BCUT2D eigenvalue weighted by molar-refractivity contribution is -0.117. The van der Waals surface area contributed by atoms with Crippen LogP contribution in [0.2, 0.25) is 0 Å².